The van der Waals surface area contributed by atoms with Gasteiger partial charge in [0.15, 0.2) is 0 Å². The molecular formula is C18H37NO. The number of amides is 1. The van der Waals surface area contributed by atoms with E-state index in [1.54, 1.807) is 0 Å². The quantitative estimate of drug-likeness (QED) is 0.421. The van der Waals surface area contributed by atoms with Crippen LogP contribution in [0.2, 0.25) is 0 Å². The van der Waals surface area contributed by atoms with Crippen LogP contribution in [0.5, 0.6) is 0 Å². The van der Waals surface area contributed by atoms with Crippen LogP contribution in [-0.4, -0.2) is 12.5 Å². The molecule has 0 aliphatic heterocycles. The van der Waals surface area contributed by atoms with Crippen LogP contribution in [-0.2, 0) is 4.79 Å². The Bertz CT molecular complexity index is 215. The maximum atomic E-state index is 11.5. The number of rotatable bonds is 14. The van der Waals surface area contributed by atoms with E-state index in [0.29, 0.717) is 0 Å². The predicted octanol–water partition coefficient (Wildman–Crippen LogP) is 5.46. The summed E-state index contributed by atoms with van der Waals surface area (Å²) in [4.78, 5) is 11.5. The Morgan fingerprint density at radius 2 is 1.25 bits per heavy atom. The van der Waals surface area contributed by atoms with Gasteiger partial charge in [0, 0.05) is 12.5 Å². The summed E-state index contributed by atoms with van der Waals surface area (Å²) in [7, 11) is 0. The third-order valence-electron chi connectivity index (χ3n) is 4.04. The van der Waals surface area contributed by atoms with Gasteiger partial charge in [0.25, 0.3) is 0 Å². The van der Waals surface area contributed by atoms with Crippen LogP contribution in [0.4, 0.5) is 0 Å². The zero-order valence-electron chi connectivity index (χ0n) is 14.2. The van der Waals surface area contributed by atoms with Gasteiger partial charge in [0.05, 0.1) is 0 Å². The molecule has 0 aromatic heterocycles. The molecule has 0 rings (SSSR count). The fraction of sp³-hybridized carbons (Fsp3) is 0.944. The highest BCUT2D eigenvalue weighted by molar-refractivity contribution is 5.78. The SMILES string of the molecule is CCCCCCCCCCCCCC(C)C(=O)NCC. The molecule has 120 valence electrons. The van der Waals surface area contributed by atoms with E-state index in [9.17, 15) is 4.79 Å². The van der Waals surface area contributed by atoms with Crippen molar-refractivity contribution in [3.8, 4) is 0 Å². The minimum absolute atomic E-state index is 0.188. The first kappa shape index (κ1) is 19.5. The molecule has 1 N–H and O–H groups in total. The number of carbonyl (C=O) groups is 1. The van der Waals surface area contributed by atoms with E-state index in [2.05, 4.69) is 12.2 Å². The number of unbranched alkanes of at least 4 members (excludes halogenated alkanes) is 10. The molecule has 0 spiro atoms. The molecule has 0 saturated heterocycles. The normalized spacial score (nSPS) is 12.3. The Hall–Kier alpha value is -0.530. The topological polar surface area (TPSA) is 29.1 Å². The summed E-state index contributed by atoms with van der Waals surface area (Å²) in [6.07, 6.45) is 16.1. The van der Waals surface area contributed by atoms with Gasteiger partial charge in [0.1, 0.15) is 0 Å². The third-order valence-corrected chi connectivity index (χ3v) is 4.04. The maximum absolute atomic E-state index is 11.5. The largest absolute Gasteiger partial charge is 0.356 e. The van der Waals surface area contributed by atoms with Crippen LogP contribution in [0.25, 0.3) is 0 Å². The van der Waals surface area contributed by atoms with E-state index in [1.807, 2.05) is 13.8 Å². The third kappa shape index (κ3) is 12.5. The molecule has 1 amide bonds. The van der Waals surface area contributed by atoms with Gasteiger partial charge in [-0.25, -0.2) is 0 Å². The molecule has 1 unspecified atom stereocenters. The van der Waals surface area contributed by atoms with Crippen molar-refractivity contribution in [1.29, 1.82) is 0 Å². The summed E-state index contributed by atoms with van der Waals surface area (Å²) in [5, 5.41) is 2.90. The Balaban J connectivity index is 3.18. The van der Waals surface area contributed by atoms with Crippen LogP contribution >= 0.6 is 0 Å². The van der Waals surface area contributed by atoms with Crippen LogP contribution in [0.3, 0.4) is 0 Å². The molecule has 0 aliphatic carbocycles. The van der Waals surface area contributed by atoms with Crippen LogP contribution < -0.4 is 5.32 Å². The smallest absolute Gasteiger partial charge is 0.222 e. The van der Waals surface area contributed by atoms with Crippen molar-refractivity contribution in [2.75, 3.05) is 6.54 Å². The average molecular weight is 284 g/mol. The molecule has 0 heterocycles. The van der Waals surface area contributed by atoms with Crippen molar-refractivity contribution in [2.24, 2.45) is 5.92 Å². The molecule has 2 nitrogen and oxygen atoms in total. The fourth-order valence-electron chi connectivity index (χ4n) is 2.59. The Kier molecular flexibility index (Phi) is 14.5. The first-order valence-corrected chi connectivity index (χ1v) is 9.00. The van der Waals surface area contributed by atoms with Gasteiger partial charge in [-0.15, -0.1) is 0 Å². The molecule has 1 atom stereocenters. The summed E-state index contributed by atoms with van der Waals surface area (Å²) < 4.78 is 0. The van der Waals surface area contributed by atoms with Crippen molar-refractivity contribution < 1.29 is 4.79 Å². The second-order valence-electron chi connectivity index (χ2n) is 6.12. The second-order valence-corrected chi connectivity index (χ2v) is 6.12. The highest BCUT2D eigenvalue weighted by atomic mass is 16.1. The fourth-order valence-corrected chi connectivity index (χ4v) is 2.59. The zero-order chi connectivity index (χ0) is 15.1. The lowest BCUT2D eigenvalue weighted by Gasteiger charge is -2.10. The van der Waals surface area contributed by atoms with E-state index in [0.717, 1.165) is 13.0 Å². The standard InChI is InChI=1S/C18H37NO/c1-4-6-7-8-9-10-11-12-13-14-15-16-17(3)18(20)19-5-2/h17H,4-16H2,1-3H3,(H,19,20). The lowest BCUT2D eigenvalue weighted by atomic mass is 10.0. The summed E-state index contributed by atoms with van der Waals surface area (Å²) in [6.45, 7) is 7.04. The molecule has 0 aromatic carbocycles. The van der Waals surface area contributed by atoms with Crippen molar-refractivity contribution in [3.05, 3.63) is 0 Å². The summed E-state index contributed by atoms with van der Waals surface area (Å²) in [5.41, 5.74) is 0. The van der Waals surface area contributed by atoms with Crippen LogP contribution in [0.15, 0.2) is 0 Å². The maximum Gasteiger partial charge on any atom is 0.222 e. The van der Waals surface area contributed by atoms with E-state index in [1.165, 1.54) is 70.6 Å². The van der Waals surface area contributed by atoms with Crippen LogP contribution in [0, 0.1) is 5.92 Å². The minimum Gasteiger partial charge on any atom is -0.356 e. The molecule has 0 bridgehead atoms. The molecule has 0 saturated carbocycles. The Labute approximate surface area is 127 Å². The van der Waals surface area contributed by atoms with E-state index < -0.39 is 0 Å². The van der Waals surface area contributed by atoms with Gasteiger partial charge >= 0.3 is 0 Å². The summed E-state index contributed by atoms with van der Waals surface area (Å²) in [6, 6.07) is 0. The van der Waals surface area contributed by atoms with E-state index in [-0.39, 0.29) is 11.8 Å². The van der Waals surface area contributed by atoms with E-state index >= 15 is 0 Å². The molecular weight excluding hydrogens is 246 g/mol. The molecule has 2 heteroatoms. The molecule has 0 radical (unpaired) electrons. The molecule has 0 aliphatic rings. The number of hydrogen-bond acceptors (Lipinski definition) is 1. The van der Waals surface area contributed by atoms with Crippen molar-refractivity contribution >= 4 is 5.91 Å². The van der Waals surface area contributed by atoms with Gasteiger partial charge in [0.2, 0.25) is 5.91 Å². The van der Waals surface area contributed by atoms with Gasteiger partial charge in [-0.1, -0.05) is 84.5 Å². The monoisotopic (exact) mass is 283 g/mol. The average Bonchev–Trinajstić information content (AvgIpc) is 2.44. The zero-order valence-corrected chi connectivity index (χ0v) is 14.2. The van der Waals surface area contributed by atoms with Gasteiger partial charge < -0.3 is 5.32 Å². The van der Waals surface area contributed by atoms with Crippen molar-refractivity contribution in [3.63, 3.8) is 0 Å². The summed E-state index contributed by atoms with van der Waals surface area (Å²) in [5.74, 6) is 0.410. The highest BCUT2D eigenvalue weighted by Gasteiger charge is 2.10. The van der Waals surface area contributed by atoms with Crippen LogP contribution in [0.1, 0.15) is 97.8 Å². The Morgan fingerprint density at radius 3 is 1.70 bits per heavy atom. The van der Waals surface area contributed by atoms with E-state index in [4.69, 9.17) is 0 Å². The first-order chi connectivity index (χ1) is 9.72. The van der Waals surface area contributed by atoms with Gasteiger partial charge in [-0.05, 0) is 13.3 Å². The van der Waals surface area contributed by atoms with Gasteiger partial charge in [-0.2, -0.15) is 0 Å². The molecule has 0 aromatic rings. The summed E-state index contributed by atoms with van der Waals surface area (Å²) >= 11 is 0. The lowest BCUT2D eigenvalue weighted by molar-refractivity contribution is -0.124. The second kappa shape index (κ2) is 14.9. The van der Waals surface area contributed by atoms with Gasteiger partial charge in [-0.3, -0.25) is 4.79 Å². The molecule has 20 heavy (non-hydrogen) atoms. The Morgan fingerprint density at radius 1 is 0.800 bits per heavy atom. The predicted molar refractivity (Wildman–Crippen MR) is 88.9 cm³/mol. The first-order valence-electron chi connectivity index (χ1n) is 9.00. The van der Waals surface area contributed by atoms with Crippen molar-refractivity contribution in [1.82, 2.24) is 5.32 Å². The molecule has 0 fully saturated rings. The lowest BCUT2D eigenvalue weighted by Crippen LogP contribution is -2.28. The van der Waals surface area contributed by atoms with Crippen molar-refractivity contribution in [2.45, 2.75) is 97.8 Å². The number of carbonyl (C=O) groups excluding carboxylic acids is 1. The number of hydrogen-bond donors (Lipinski definition) is 1. The number of nitrogens with one attached hydrogen (secondary N) is 1. The minimum atomic E-state index is 0.188. The highest BCUT2D eigenvalue weighted by Crippen LogP contribution is 2.14.